The largest absolute Gasteiger partial charge is 0.459 e. The Hall–Kier alpha value is -2.88. The van der Waals surface area contributed by atoms with Crippen LogP contribution >= 0.6 is 0 Å². The number of fused-ring (bicyclic) bond motifs is 5. The molecular weight excluding hydrogens is 484 g/mol. The predicted molar refractivity (Wildman–Crippen MR) is 152 cm³/mol. The van der Waals surface area contributed by atoms with Crippen LogP contribution in [0.3, 0.4) is 0 Å². The maximum atomic E-state index is 12.8. The minimum Gasteiger partial charge on any atom is -0.459 e. The molecule has 4 aliphatic carbocycles. The van der Waals surface area contributed by atoms with E-state index in [1.54, 1.807) is 0 Å². The van der Waals surface area contributed by atoms with Gasteiger partial charge in [-0.05, 0) is 105 Å². The smallest absolute Gasteiger partial charge is 0.338 e. The second kappa shape index (κ2) is 10.3. The van der Waals surface area contributed by atoms with Crippen LogP contribution < -0.4 is 0 Å². The molecule has 6 rings (SSSR count). The first-order valence-electron chi connectivity index (χ1n) is 15.0. The number of benzene rings is 2. The van der Waals surface area contributed by atoms with E-state index in [1.165, 1.54) is 24.8 Å². The quantitative estimate of drug-likeness (QED) is 0.292. The number of esters is 2. The van der Waals surface area contributed by atoms with Gasteiger partial charge >= 0.3 is 11.9 Å². The monoisotopic (exact) mass is 526 g/mol. The van der Waals surface area contributed by atoms with Gasteiger partial charge in [0.25, 0.3) is 0 Å². The fraction of sp³-hybridized carbons (Fsp3) is 0.543. The van der Waals surface area contributed by atoms with Gasteiger partial charge in [0.2, 0.25) is 0 Å². The highest BCUT2D eigenvalue weighted by atomic mass is 16.5. The summed E-state index contributed by atoms with van der Waals surface area (Å²) in [6.45, 7) is 7.09. The summed E-state index contributed by atoms with van der Waals surface area (Å²) >= 11 is 0. The number of carbonyl (C=O) groups excluding carboxylic acids is 2. The molecule has 0 unspecified atom stereocenters. The lowest BCUT2D eigenvalue weighted by Gasteiger charge is -2.58. The second-order valence-corrected chi connectivity index (χ2v) is 13.1. The molecule has 4 aliphatic rings. The van der Waals surface area contributed by atoms with Gasteiger partial charge in [0.15, 0.2) is 0 Å². The minimum atomic E-state index is -0.203. The van der Waals surface area contributed by atoms with Crippen LogP contribution in [0.15, 0.2) is 72.3 Å². The van der Waals surface area contributed by atoms with Crippen LogP contribution in [0.5, 0.6) is 0 Å². The van der Waals surface area contributed by atoms with Crippen molar-refractivity contribution in [2.24, 2.45) is 34.5 Å². The van der Waals surface area contributed by atoms with E-state index in [0.717, 1.165) is 32.1 Å². The first-order chi connectivity index (χ1) is 18.8. The molecule has 2 aromatic carbocycles. The molecule has 3 fully saturated rings. The van der Waals surface area contributed by atoms with Crippen LogP contribution in [-0.2, 0) is 9.47 Å². The molecule has 0 spiro atoms. The Morgan fingerprint density at radius 1 is 0.821 bits per heavy atom. The fourth-order valence-electron chi connectivity index (χ4n) is 9.23. The zero-order chi connectivity index (χ0) is 27.2. The summed E-state index contributed by atoms with van der Waals surface area (Å²) in [4.78, 5) is 25.5. The lowest BCUT2D eigenvalue weighted by molar-refractivity contribution is -0.0727. The topological polar surface area (TPSA) is 52.6 Å². The number of allylic oxidation sites excluding steroid dienone is 1. The van der Waals surface area contributed by atoms with E-state index in [9.17, 15) is 9.59 Å². The van der Waals surface area contributed by atoms with E-state index < -0.39 is 0 Å². The van der Waals surface area contributed by atoms with Crippen LogP contribution in [0.25, 0.3) is 0 Å². The summed E-state index contributed by atoms with van der Waals surface area (Å²) in [6, 6.07) is 18.7. The molecule has 206 valence electrons. The van der Waals surface area contributed by atoms with E-state index in [1.807, 2.05) is 60.7 Å². The van der Waals surface area contributed by atoms with Crippen molar-refractivity contribution in [2.45, 2.75) is 84.3 Å². The Bertz CT molecular complexity index is 1240. The van der Waals surface area contributed by atoms with Crippen molar-refractivity contribution in [2.75, 3.05) is 0 Å². The molecule has 0 saturated heterocycles. The molecule has 0 bridgehead atoms. The van der Waals surface area contributed by atoms with E-state index in [4.69, 9.17) is 9.47 Å². The Balaban J connectivity index is 1.14. The van der Waals surface area contributed by atoms with E-state index in [-0.39, 0.29) is 35.0 Å². The maximum Gasteiger partial charge on any atom is 0.338 e. The van der Waals surface area contributed by atoms with Crippen LogP contribution in [0.4, 0.5) is 0 Å². The van der Waals surface area contributed by atoms with Crippen molar-refractivity contribution >= 4 is 11.9 Å². The molecule has 0 N–H and O–H groups in total. The summed E-state index contributed by atoms with van der Waals surface area (Å²) in [5.41, 5.74) is 3.19. The lowest BCUT2D eigenvalue weighted by atomic mass is 9.47. The molecule has 39 heavy (non-hydrogen) atoms. The highest BCUT2D eigenvalue weighted by molar-refractivity contribution is 5.89. The fourth-order valence-corrected chi connectivity index (χ4v) is 9.23. The molecule has 4 heteroatoms. The average molecular weight is 527 g/mol. The zero-order valence-electron chi connectivity index (χ0n) is 23.6. The van der Waals surface area contributed by atoms with Crippen molar-refractivity contribution in [1.29, 1.82) is 0 Å². The molecule has 0 aromatic heterocycles. The highest BCUT2D eigenvalue weighted by Crippen LogP contribution is 2.66. The molecule has 0 amide bonds. The van der Waals surface area contributed by atoms with Gasteiger partial charge in [0, 0.05) is 12.3 Å². The van der Waals surface area contributed by atoms with Crippen LogP contribution in [0.1, 0.15) is 92.9 Å². The molecule has 0 heterocycles. The Kier molecular flexibility index (Phi) is 6.93. The first-order valence-corrected chi connectivity index (χ1v) is 15.0. The average Bonchev–Trinajstić information content (AvgIpc) is 3.31. The zero-order valence-corrected chi connectivity index (χ0v) is 23.6. The van der Waals surface area contributed by atoms with Gasteiger partial charge in [-0.15, -0.1) is 0 Å². The van der Waals surface area contributed by atoms with Gasteiger partial charge in [-0.1, -0.05) is 61.9 Å². The van der Waals surface area contributed by atoms with Crippen LogP contribution in [-0.4, -0.2) is 24.1 Å². The molecule has 0 aliphatic heterocycles. The Morgan fingerprint density at radius 2 is 1.49 bits per heavy atom. The Labute approximate surface area is 233 Å². The minimum absolute atomic E-state index is 0.0292. The third-order valence-corrected chi connectivity index (χ3v) is 11.3. The summed E-state index contributed by atoms with van der Waals surface area (Å²) in [6.07, 6.45) is 11.2. The normalized spacial score (nSPS) is 36.0. The number of ether oxygens (including phenoxy) is 2. The van der Waals surface area contributed by atoms with E-state index in [2.05, 4.69) is 26.8 Å². The first kappa shape index (κ1) is 26.3. The molecule has 3 saturated carbocycles. The Morgan fingerprint density at radius 3 is 2.18 bits per heavy atom. The SMILES string of the molecule is C[C@H](OC(=O)c1ccccc1)[C@H]1CC[C@H]2[C@@H]3CC=C4C[C@@H](OC(=O)c5ccccc5)CC[C@]4(C)[C@H]3CC[C@]12C. The maximum absolute atomic E-state index is 12.8. The summed E-state index contributed by atoms with van der Waals surface area (Å²) in [5, 5.41) is 0. The van der Waals surface area contributed by atoms with Crippen molar-refractivity contribution in [1.82, 2.24) is 0 Å². The highest BCUT2D eigenvalue weighted by Gasteiger charge is 2.59. The number of hydrogen-bond acceptors (Lipinski definition) is 4. The number of carbonyl (C=O) groups is 2. The second-order valence-electron chi connectivity index (χ2n) is 13.1. The predicted octanol–water partition coefficient (Wildman–Crippen LogP) is 8.04. The van der Waals surface area contributed by atoms with Gasteiger partial charge in [-0.2, -0.15) is 0 Å². The summed E-state index contributed by atoms with van der Waals surface area (Å²) in [7, 11) is 0. The van der Waals surface area contributed by atoms with Crippen molar-refractivity contribution in [3.05, 3.63) is 83.4 Å². The van der Waals surface area contributed by atoms with Gasteiger partial charge in [-0.25, -0.2) is 9.59 Å². The van der Waals surface area contributed by atoms with E-state index >= 15 is 0 Å². The molecule has 0 radical (unpaired) electrons. The third-order valence-electron chi connectivity index (χ3n) is 11.3. The van der Waals surface area contributed by atoms with Crippen LogP contribution in [0.2, 0.25) is 0 Å². The number of rotatable bonds is 5. The van der Waals surface area contributed by atoms with Crippen molar-refractivity contribution in [3.63, 3.8) is 0 Å². The van der Waals surface area contributed by atoms with Gasteiger partial charge in [-0.3, -0.25) is 0 Å². The molecule has 4 nitrogen and oxygen atoms in total. The molecule has 8 atom stereocenters. The molecular formula is C35H42O4. The van der Waals surface area contributed by atoms with E-state index in [0.29, 0.717) is 34.8 Å². The van der Waals surface area contributed by atoms with Gasteiger partial charge in [0.05, 0.1) is 11.1 Å². The van der Waals surface area contributed by atoms with Crippen LogP contribution in [0, 0.1) is 34.5 Å². The standard InChI is InChI=1S/C35H42O4/c1-23(38-32(36)24-10-6-4-7-11-24)29-16-17-30-28-15-14-26-22-27(39-33(37)25-12-8-5-9-13-25)18-20-34(26,2)31(28)19-21-35(29,30)3/h4-14,23,27-31H,15-22H2,1-3H3/t23-,27-,28-,29+,30-,31-,34-,35+/m0/s1. The summed E-state index contributed by atoms with van der Waals surface area (Å²) < 4.78 is 12.0. The lowest BCUT2D eigenvalue weighted by Crippen LogP contribution is -2.51. The summed E-state index contributed by atoms with van der Waals surface area (Å²) in [5.74, 6) is 2.03. The third kappa shape index (κ3) is 4.64. The van der Waals surface area contributed by atoms with Gasteiger partial charge < -0.3 is 9.47 Å². The van der Waals surface area contributed by atoms with Crippen molar-refractivity contribution in [3.8, 4) is 0 Å². The van der Waals surface area contributed by atoms with Gasteiger partial charge in [0.1, 0.15) is 12.2 Å². The van der Waals surface area contributed by atoms with Crippen molar-refractivity contribution < 1.29 is 19.1 Å². The number of hydrogen-bond donors (Lipinski definition) is 0. The molecule has 2 aromatic rings.